The van der Waals surface area contributed by atoms with E-state index in [9.17, 15) is 13.6 Å². The number of halogens is 2. The fourth-order valence-corrected chi connectivity index (χ4v) is 1.77. The molecule has 0 aliphatic carbocycles. The summed E-state index contributed by atoms with van der Waals surface area (Å²) in [5.74, 6) is -2.44. The van der Waals surface area contributed by atoms with Crippen molar-refractivity contribution in [1.29, 1.82) is 0 Å². The second-order valence-corrected chi connectivity index (χ2v) is 4.27. The van der Waals surface area contributed by atoms with Crippen LogP contribution >= 0.6 is 0 Å². The summed E-state index contributed by atoms with van der Waals surface area (Å²) in [7, 11) is 0. The summed E-state index contributed by atoms with van der Waals surface area (Å²) in [6.45, 7) is 0.224. The molecule has 2 aromatic carbocycles. The van der Waals surface area contributed by atoms with Crippen molar-refractivity contribution in [1.82, 2.24) is 0 Å². The summed E-state index contributed by atoms with van der Waals surface area (Å²) in [6.07, 6.45) is 0. The highest BCUT2D eigenvalue weighted by molar-refractivity contribution is 5.99. The van der Waals surface area contributed by atoms with Gasteiger partial charge in [-0.15, -0.1) is 0 Å². The zero-order valence-electron chi connectivity index (χ0n) is 10.5. The van der Waals surface area contributed by atoms with Crippen LogP contribution < -0.4 is 16.8 Å². The number of rotatable bonds is 4. The summed E-state index contributed by atoms with van der Waals surface area (Å²) in [6, 6.07) is 8.26. The standard InChI is InChI=1S/C14H13F2N3O/c15-11-3-1-8(5-12(11)16)7-19-13-4-2-9(17)6-10(13)14(18)20/h1-6,19H,7,17H2,(H2,18,20). The minimum atomic E-state index is -0.920. The third-order valence-electron chi connectivity index (χ3n) is 2.78. The van der Waals surface area contributed by atoms with Gasteiger partial charge in [0.25, 0.3) is 5.91 Å². The fraction of sp³-hybridized carbons (Fsp3) is 0.0714. The fourth-order valence-electron chi connectivity index (χ4n) is 1.77. The molecule has 6 heteroatoms. The number of nitrogens with one attached hydrogen (secondary N) is 1. The molecule has 1 amide bonds. The number of hydrogen-bond acceptors (Lipinski definition) is 3. The molecule has 0 unspecified atom stereocenters. The number of benzene rings is 2. The number of hydrogen-bond donors (Lipinski definition) is 3. The van der Waals surface area contributed by atoms with Gasteiger partial charge >= 0.3 is 0 Å². The molecule has 2 aromatic rings. The Bertz CT molecular complexity index is 659. The molecular weight excluding hydrogens is 264 g/mol. The summed E-state index contributed by atoms with van der Waals surface area (Å²) in [5.41, 5.74) is 12.5. The Morgan fingerprint density at radius 2 is 1.85 bits per heavy atom. The van der Waals surface area contributed by atoms with Gasteiger partial charge in [-0.05, 0) is 35.9 Å². The molecule has 104 valence electrons. The van der Waals surface area contributed by atoms with Gasteiger partial charge in [-0.2, -0.15) is 0 Å². The van der Waals surface area contributed by atoms with Crippen LogP contribution in [0.5, 0.6) is 0 Å². The minimum absolute atomic E-state index is 0.224. The molecule has 0 radical (unpaired) electrons. The lowest BCUT2D eigenvalue weighted by molar-refractivity contribution is 0.100. The topological polar surface area (TPSA) is 81.1 Å². The normalized spacial score (nSPS) is 10.3. The molecule has 4 nitrogen and oxygen atoms in total. The Kier molecular flexibility index (Phi) is 3.84. The van der Waals surface area contributed by atoms with Crippen molar-refractivity contribution in [3.63, 3.8) is 0 Å². The molecular formula is C14H13F2N3O. The molecule has 0 aliphatic heterocycles. The molecule has 0 aromatic heterocycles. The Morgan fingerprint density at radius 3 is 2.50 bits per heavy atom. The second-order valence-electron chi connectivity index (χ2n) is 4.27. The van der Waals surface area contributed by atoms with Crippen molar-refractivity contribution in [3.05, 3.63) is 59.2 Å². The van der Waals surface area contributed by atoms with Crippen molar-refractivity contribution in [2.24, 2.45) is 5.73 Å². The van der Waals surface area contributed by atoms with E-state index in [1.165, 1.54) is 12.1 Å². The Balaban J connectivity index is 2.18. The Morgan fingerprint density at radius 1 is 1.10 bits per heavy atom. The van der Waals surface area contributed by atoms with Gasteiger partial charge in [-0.1, -0.05) is 6.07 Å². The van der Waals surface area contributed by atoms with Crippen LogP contribution in [-0.2, 0) is 6.54 Å². The Hall–Kier alpha value is -2.63. The molecule has 2 rings (SSSR count). The van der Waals surface area contributed by atoms with Crippen LogP contribution in [0.25, 0.3) is 0 Å². The van der Waals surface area contributed by atoms with E-state index < -0.39 is 17.5 Å². The SMILES string of the molecule is NC(=O)c1cc(N)ccc1NCc1ccc(F)c(F)c1. The average Bonchev–Trinajstić information content (AvgIpc) is 2.41. The van der Waals surface area contributed by atoms with E-state index in [0.717, 1.165) is 12.1 Å². The molecule has 0 saturated heterocycles. The van der Waals surface area contributed by atoms with Crippen molar-refractivity contribution in [2.45, 2.75) is 6.54 Å². The van der Waals surface area contributed by atoms with E-state index in [2.05, 4.69) is 5.32 Å². The number of anilines is 2. The maximum Gasteiger partial charge on any atom is 0.250 e. The van der Waals surface area contributed by atoms with Gasteiger partial charge in [-0.3, -0.25) is 4.79 Å². The molecule has 20 heavy (non-hydrogen) atoms. The van der Waals surface area contributed by atoms with Gasteiger partial charge < -0.3 is 16.8 Å². The molecule has 0 fully saturated rings. The quantitative estimate of drug-likeness (QED) is 0.750. The van der Waals surface area contributed by atoms with E-state index in [1.807, 2.05) is 0 Å². The van der Waals surface area contributed by atoms with Gasteiger partial charge in [0.15, 0.2) is 11.6 Å². The first-order valence-electron chi connectivity index (χ1n) is 5.84. The molecule has 0 aliphatic rings. The summed E-state index contributed by atoms with van der Waals surface area (Å²) >= 11 is 0. The maximum absolute atomic E-state index is 13.1. The highest BCUT2D eigenvalue weighted by Crippen LogP contribution is 2.19. The van der Waals surface area contributed by atoms with E-state index in [4.69, 9.17) is 11.5 Å². The van der Waals surface area contributed by atoms with Crippen molar-refractivity contribution >= 4 is 17.3 Å². The van der Waals surface area contributed by atoms with Crippen LogP contribution in [0.4, 0.5) is 20.2 Å². The number of nitrogens with two attached hydrogens (primary N) is 2. The maximum atomic E-state index is 13.1. The van der Waals surface area contributed by atoms with Crippen molar-refractivity contribution in [3.8, 4) is 0 Å². The van der Waals surface area contributed by atoms with Gasteiger partial charge in [0, 0.05) is 17.9 Å². The number of carbonyl (C=O) groups is 1. The van der Waals surface area contributed by atoms with Crippen LogP contribution in [0.1, 0.15) is 15.9 Å². The van der Waals surface area contributed by atoms with E-state index in [-0.39, 0.29) is 12.1 Å². The average molecular weight is 277 g/mol. The lowest BCUT2D eigenvalue weighted by Crippen LogP contribution is -2.15. The lowest BCUT2D eigenvalue weighted by Gasteiger charge is -2.11. The van der Waals surface area contributed by atoms with Gasteiger partial charge in [0.2, 0.25) is 0 Å². The van der Waals surface area contributed by atoms with Crippen LogP contribution in [-0.4, -0.2) is 5.91 Å². The number of primary amides is 1. The molecule has 0 bridgehead atoms. The summed E-state index contributed by atoms with van der Waals surface area (Å²) in [5, 5.41) is 2.94. The minimum Gasteiger partial charge on any atom is -0.399 e. The van der Waals surface area contributed by atoms with Gasteiger partial charge in [-0.25, -0.2) is 8.78 Å². The third kappa shape index (κ3) is 3.03. The first-order valence-corrected chi connectivity index (χ1v) is 5.84. The Labute approximate surface area is 114 Å². The summed E-state index contributed by atoms with van der Waals surface area (Å²) < 4.78 is 25.9. The van der Waals surface area contributed by atoms with E-state index >= 15 is 0 Å². The second kappa shape index (κ2) is 5.56. The van der Waals surface area contributed by atoms with Crippen LogP contribution in [0.3, 0.4) is 0 Å². The van der Waals surface area contributed by atoms with E-state index in [1.54, 1.807) is 12.1 Å². The van der Waals surface area contributed by atoms with E-state index in [0.29, 0.717) is 16.9 Å². The van der Waals surface area contributed by atoms with Crippen molar-refractivity contribution < 1.29 is 13.6 Å². The number of nitrogen functional groups attached to an aromatic ring is 1. The highest BCUT2D eigenvalue weighted by atomic mass is 19.2. The highest BCUT2D eigenvalue weighted by Gasteiger charge is 2.09. The number of amides is 1. The molecule has 0 spiro atoms. The molecule has 0 saturated carbocycles. The zero-order valence-corrected chi connectivity index (χ0v) is 10.5. The van der Waals surface area contributed by atoms with Gasteiger partial charge in [0.05, 0.1) is 5.56 Å². The predicted molar refractivity (Wildman–Crippen MR) is 73.1 cm³/mol. The largest absolute Gasteiger partial charge is 0.399 e. The smallest absolute Gasteiger partial charge is 0.250 e. The van der Waals surface area contributed by atoms with Crippen LogP contribution in [0.2, 0.25) is 0 Å². The first kappa shape index (κ1) is 13.8. The molecule has 5 N–H and O–H groups in total. The zero-order chi connectivity index (χ0) is 14.7. The van der Waals surface area contributed by atoms with Crippen LogP contribution in [0.15, 0.2) is 36.4 Å². The lowest BCUT2D eigenvalue weighted by atomic mass is 10.1. The molecule has 0 heterocycles. The van der Waals surface area contributed by atoms with Crippen molar-refractivity contribution in [2.75, 3.05) is 11.1 Å². The summed E-state index contributed by atoms with van der Waals surface area (Å²) in [4.78, 5) is 11.3. The van der Waals surface area contributed by atoms with Gasteiger partial charge in [0.1, 0.15) is 0 Å². The molecule has 0 atom stereocenters. The first-order chi connectivity index (χ1) is 9.47. The monoisotopic (exact) mass is 277 g/mol. The van der Waals surface area contributed by atoms with Crippen LogP contribution in [0, 0.1) is 11.6 Å². The number of carbonyl (C=O) groups excluding carboxylic acids is 1. The predicted octanol–water partition coefficient (Wildman–Crippen LogP) is 2.26. The third-order valence-corrected chi connectivity index (χ3v) is 2.78.